The standard InChI is InChI=1S/C28H34N6O2/c1-4-14-34-15-13-21(19-34)16-20-9-11-22(12-10-20)32-28-29-18-25(36-3)27(33-28)31-24-8-6-7-23(17-24)30-26(35)5-2/h5-12,17-18,21H,2,4,13-16,19H2,1,3H3,(H,30,35)(H2,29,31,32,33)/t21-/m1/s1. The summed E-state index contributed by atoms with van der Waals surface area (Å²) in [5.41, 5.74) is 3.66. The van der Waals surface area contributed by atoms with Crippen molar-refractivity contribution in [2.45, 2.75) is 26.2 Å². The van der Waals surface area contributed by atoms with E-state index in [1.54, 1.807) is 25.4 Å². The lowest BCUT2D eigenvalue weighted by atomic mass is 9.98. The second-order valence-corrected chi connectivity index (χ2v) is 8.99. The van der Waals surface area contributed by atoms with E-state index >= 15 is 0 Å². The number of nitrogens with zero attached hydrogens (tertiary/aromatic N) is 3. The predicted molar refractivity (Wildman–Crippen MR) is 145 cm³/mol. The second kappa shape index (κ2) is 12.2. The van der Waals surface area contributed by atoms with E-state index in [0.29, 0.717) is 23.2 Å². The van der Waals surface area contributed by atoms with Crippen molar-refractivity contribution in [1.29, 1.82) is 0 Å². The van der Waals surface area contributed by atoms with E-state index < -0.39 is 0 Å². The summed E-state index contributed by atoms with van der Waals surface area (Å²) < 4.78 is 5.43. The molecule has 0 saturated carbocycles. The summed E-state index contributed by atoms with van der Waals surface area (Å²) >= 11 is 0. The summed E-state index contributed by atoms with van der Waals surface area (Å²) in [6.07, 6.45) is 6.46. The maximum Gasteiger partial charge on any atom is 0.247 e. The van der Waals surface area contributed by atoms with Gasteiger partial charge in [0.25, 0.3) is 0 Å². The van der Waals surface area contributed by atoms with Gasteiger partial charge in [0.1, 0.15) is 0 Å². The number of carbonyl (C=O) groups is 1. The summed E-state index contributed by atoms with van der Waals surface area (Å²) in [5.74, 6) is 1.93. The number of likely N-dealkylation sites (tertiary alicyclic amines) is 1. The van der Waals surface area contributed by atoms with Crippen molar-refractivity contribution in [3.05, 3.63) is 72.9 Å². The van der Waals surface area contributed by atoms with Crippen LogP contribution in [0.5, 0.6) is 5.75 Å². The van der Waals surface area contributed by atoms with Gasteiger partial charge in [-0.15, -0.1) is 0 Å². The highest BCUT2D eigenvalue weighted by Gasteiger charge is 2.21. The number of aromatic nitrogens is 2. The molecule has 1 saturated heterocycles. The van der Waals surface area contributed by atoms with Crippen LogP contribution in [0.25, 0.3) is 0 Å². The van der Waals surface area contributed by atoms with Gasteiger partial charge in [-0.05, 0) is 80.2 Å². The zero-order chi connectivity index (χ0) is 25.3. The van der Waals surface area contributed by atoms with Gasteiger partial charge in [0.15, 0.2) is 11.6 Å². The molecule has 3 aromatic rings. The van der Waals surface area contributed by atoms with E-state index in [1.807, 2.05) is 12.1 Å². The Bertz CT molecular complexity index is 1180. The molecule has 4 rings (SSSR count). The maximum absolute atomic E-state index is 11.6. The van der Waals surface area contributed by atoms with Gasteiger partial charge in [0.2, 0.25) is 11.9 Å². The van der Waals surface area contributed by atoms with Crippen LogP contribution < -0.4 is 20.7 Å². The average molecular weight is 487 g/mol. The minimum absolute atomic E-state index is 0.272. The fraction of sp³-hybridized carbons (Fsp3) is 0.321. The lowest BCUT2D eigenvalue weighted by Gasteiger charge is -2.15. The van der Waals surface area contributed by atoms with Gasteiger partial charge in [-0.25, -0.2) is 4.98 Å². The fourth-order valence-electron chi connectivity index (χ4n) is 4.46. The average Bonchev–Trinajstić information content (AvgIpc) is 3.32. The minimum atomic E-state index is -0.272. The van der Waals surface area contributed by atoms with Gasteiger partial charge >= 0.3 is 0 Å². The topological polar surface area (TPSA) is 91.4 Å². The van der Waals surface area contributed by atoms with Gasteiger partial charge < -0.3 is 25.6 Å². The molecule has 1 atom stereocenters. The Balaban J connectivity index is 1.41. The normalized spacial score (nSPS) is 15.3. The SMILES string of the molecule is C=CC(=O)Nc1cccc(Nc2nc(Nc3ccc(C[C@H]4CCN(CCC)C4)cc3)ncc2OC)c1. The number of nitrogens with one attached hydrogen (secondary N) is 3. The molecule has 2 aromatic carbocycles. The van der Waals surface area contributed by atoms with Crippen LogP contribution in [0.2, 0.25) is 0 Å². The molecule has 8 nitrogen and oxygen atoms in total. The molecule has 188 valence electrons. The molecule has 1 aromatic heterocycles. The minimum Gasteiger partial charge on any atom is -0.491 e. The van der Waals surface area contributed by atoms with Crippen LogP contribution in [-0.2, 0) is 11.2 Å². The molecule has 1 fully saturated rings. The van der Waals surface area contributed by atoms with Crippen LogP contribution in [0.3, 0.4) is 0 Å². The lowest BCUT2D eigenvalue weighted by Crippen LogP contribution is -2.21. The molecule has 0 radical (unpaired) electrons. The van der Waals surface area contributed by atoms with Crippen LogP contribution in [0.1, 0.15) is 25.3 Å². The van der Waals surface area contributed by atoms with Gasteiger partial charge in [-0.1, -0.05) is 31.7 Å². The summed E-state index contributed by atoms with van der Waals surface area (Å²) in [4.78, 5) is 23.2. The number of ether oxygens (including phenoxy) is 1. The number of anilines is 5. The zero-order valence-electron chi connectivity index (χ0n) is 21.0. The zero-order valence-corrected chi connectivity index (χ0v) is 21.0. The molecule has 8 heteroatoms. The number of carbonyl (C=O) groups excluding carboxylic acids is 1. The molecule has 36 heavy (non-hydrogen) atoms. The molecule has 1 aliphatic heterocycles. The molecule has 1 aliphatic rings. The van der Waals surface area contributed by atoms with Crippen molar-refractivity contribution in [3.8, 4) is 5.75 Å². The quantitative estimate of drug-likeness (QED) is 0.314. The van der Waals surface area contributed by atoms with Gasteiger partial charge in [-0.2, -0.15) is 4.98 Å². The number of hydrogen-bond acceptors (Lipinski definition) is 7. The first-order valence-electron chi connectivity index (χ1n) is 12.4. The van der Waals surface area contributed by atoms with Crippen molar-refractivity contribution in [2.24, 2.45) is 5.92 Å². The number of methoxy groups -OCH3 is 1. The van der Waals surface area contributed by atoms with Crippen molar-refractivity contribution < 1.29 is 9.53 Å². The Morgan fingerprint density at radius 3 is 2.72 bits per heavy atom. The molecule has 0 unspecified atom stereocenters. The summed E-state index contributed by atoms with van der Waals surface area (Å²) in [6.45, 7) is 9.35. The van der Waals surface area contributed by atoms with Crippen LogP contribution in [0.15, 0.2) is 67.4 Å². The van der Waals surface area contributed by atoms with Crippen LogP contribution in [0.4, 0.5) is 28.8 Å². The number of benzene rings is 2. The van der Waals surface area contributed by atoms with E-state index in [1.165, 1.54) is 44.1 Å². The van der Waals surface area contributed by atoms with Crippen LogP contribution >= 0.6 is 0 Å². The fourth-order valence-corrected chi connectivity index (χ4v) is 4.46. The van der Waals surface area contributed by atoms with Crippen molar-refractivity contribution >= 4 is 34.7 Å². The Hall–Kier alpha value is -3.91. The number of hydrogen-bond donors (Lipinski definition) is 3. The first-order valence-corrected chi connectivity index (χ1v) is 12.4. The molecule has 2 heterocycles. The monoisotopic (exact) mass is 486 g/mol. The van der Waals surface area contributed by atoms with Gasteiger partial charge in [0, 0.05) is 23.6 Å². The van der Waals surface area contributed by atoms with Crippen molar-refractivity contribution in [2.75, 3.05) is 42.7 Å². The Labute approximate surface area is 212 Å². The molecule has 0 spiro atoms. The van der Waals surface area contributed by atoms with Gasteiger partial charge in [0.05, 0.1) is 13.3 Å². The summed E-state index contributed by atoms with van der Waals surface area (Å²) in [5, 5.41) is 9.27. The largest absolute Gasteiger partial charge is 0.491 e. The van der Waals surface area contributed by atoms with E-state index in [2.05, 4.69) is 68.6 Å². The van der Waals surface area contributed by atoms with Crippen molar-refractivity contribution in [3.63, 3.8) is 0 Å². The highest BCUT2D eigenvalue weighted by molar-refractivity contribution is 5.99. The maximum atomic E-state index is 11.6. The van der Waals surface area contributed by atoms with Crippen LogP contribution in [-0.4, -0.2) is 47.5 Å². The Morgan fingerprint density at radius 1 is 1.17 bits per heavy atom. The first-order chi connectivity index (χ1) is 17.6. The smallest absolute Gasteiger partial charge is 0.247 e. The third kappa shape index (κ3) is 6.82. The highest BCUT2D eigenvalue weighted by Crippen LogP contribution is 2.28. The second-order valence-electron chi connectivity index (χ2n) is 8.99. The molecule has 1 amide bonds. The molecule has 0 bridgehead atoms. The van der Waals surface area contributed by atoms with E-state index in [4.69, 9.17) is 4.74 Å². The molecule has 3 N–H and O–H groups in total. The summed E-state index contributed by atoms with van der Waals surface area (Å²) in [6, 6.07) is 15.8. The van der Waals surface area contributed by atoms with Crippen LogP contribution in [0, 0.1) is 5.92 Å². The van der Waals surface area contributed by atoms with Gasteiger partial charge in [-0.3, -0.25) is 4.79 Å². The molecule has 0 aliphatic carbocycles. The lowest BCUT2D eigenvalue weighted by molar-refractivity contribution is -0.111. The predicted octanol–water partition coefficient (Wildman–Crippen LogP) is 5.37. The Morgan fingerprint density at radius 2 is 1.97 bits per heavy atom. The Kier molecular flexibility index (Phi) is 8.52. The summed E-state index contributed by atoms with van der Waals surface area (Å²) in [7, 11) is 1.57. The number of amides is 1. The highest BCUT2D eigenvalue weighted by atomic mass is 16.5. The molecular formula is C28H34N6O2. The third-order valence-corrected chi connectivity index (χ3v) is 6.20. The van der Waals surface area contributed by atoms with E-state index in [9.17, 15) is 4.79 Å². The first kappa shape index (κ1) is 25.2. The molecular weight excluding hydrogens is 452 g/mol. The third-order valence-electron chi connectivity index (χ3n) is 6.20. The van der Waals surface area contributed by atoms with E-state index in [-0.39, 0.29) is 5.91 Å². The van der Waals surface area contributed by atoms with E-state index in [0.717, 1.165) is 23.7 Å². The van der Waals surface area contributed by atoms with Crippen molar-refractivity contribution in [1.82, 2.24) is 14.9 Å². The number of rotatable bonds is 11.